The Hall–Kier alpha value is -1.81. The molecule has 0 aliphatic rings. The summed E-state index contributed by atoms with van der Waals surface area (Å²) in [5, 5.41) is 3.42. The summed E-state index contributed by atoms with van der Waals surface area (Å²) in [6, 6.07) is 14.5. The van der Waals surface area contributed by atoms with E-state index in [0.29, 0.717) is 0 Å². The molecule has 2 N–H and O–H groups in total. The minimum Gasteiger partial charge on any atom is -0.385 e. The van der Waals surface area contributed by atoms with Crippen LogP contribution in [0.4, 0.5) is 5.69 Å². The molecule has 0 saturated heterocycles. The molecule has 21 heavy (non-hydrogen) atoms. The number of aromatic amines is 1. The van der Waals surface area contributed by atoms with E-state index in [4.69, 9.17) is 4.98 Å². The topological polar surface area (TPSA) is 40.7 Å². The maximum absolute atomic E-state index is 4.69. The zero-order valence-electron chi connectivity index (χ0n) is 12.0. The fourth-order valence-electron chi connectivity index (χ4n) is 2.46. The highest BCUT2D eigenvalue weighted by molar-refractivity contribution is 9.10. The van der Waals surface area contributed by atoms with Crippen molar-refractivity contribution in [1.29, 1.82) is 0 Å². The molecule has 1 aromatic heterocycles. The summed E-state index contributed by atoms with van der Waals surface area (Å²) < 4.78 is 1.09. The number of anilines is 1. The first kappa shape index (κ1) is 14.1. The lowest BCUT2D eigenvalue weighted by Gasteiger charge is -2.04. The normalized spacial score (nSPS) is 11.0. The van der Waals surface area contributed by atoms with E-state index in [1.807, 2.05) is 18.2 Å². The van der Waals surface area contributed by atoms with Crippen LogP contribution in [-0.2, 0) is 6.42 Å². The van der Waals surface area contributed by atoms with Crippen LogP contribution >= 0.6 is 15.9 Å². The second kappa shape index (κ2) is 6.31. The Labute approximate surface area is 132 Å². The molecule has 0 radical (unpaired) electrons. The van der Waals surface area contributed by atoms with Crippen LogP contribution in [0.2, 0.25) is 0 Å². The average molecular weight is 344 g/mol. The molecule has 0 bridgehead atoms. The highest BCUT2D eigenvalue weighted by Gasteiger charge is 2.06. The number of aryl methyl sites for hydroxylation is 2. The van der Waals surface area contributed by atoms with Crippen molar-refractivity contribution in [1.82, 2.24) is 9.97 Å². The van der Waals surface area contributed by atoms with Gasteiger partial charge in [0.15, 0.2) is 0 Å². The third-order valence-electron chi connectivity index (χ3n) is 3.48. The van der Waals surface area contributed by atoms with Gasteiger partial charge in [0.1, 0.15) is 5.82 Å². The third-order valence-corrected chi connectivity index (χ3v) is 3.94. The number of H-pyrrole nitrogens is 1. The Morgan fingerprint density at radius 2 is 2.00 bits per heavy atom. The summed E-state index contributed by atoms with van der Waals surface area (Å²) in [6.45, 7) is 3.04. The van der Waals surface area contributed by atoms with Gasteiger partial charge in [0, 0.05) is 23.1 Å². The Balaban J connectivity index is 1.59. The molecular formula is C17H18BrN3. The van der Waals surface area contributed by atoms with Crippen LogP contribution in [0.5, 0.6) is 0 Å². The number of fused-ring (bicyclic) bond motifs is 1. The zero-order valence-corrected chi connectivity index (χ0v) is 13.6. The van der Waals surface area contributed by atoms with Gasteiger partial charge in [-0.05, 0) is 43.2 Å². The second-order valence-corrected chi connectivity index (χ2v) is 6.11. The lowest BCUT2D eigenvalue weighted by Crippen LogP contribution is -2.03. The third kappa shape index (κ3) is 3.45. The zero-order chi connectivity index (χ0) is 14.7. The predicted molar refractivity (Wildman–Crippen MR) is 91.8 cm³/mol. The fourth-order valence-corrected chi connectivity index (χ4v) is 3.03. The first-order chi connectivity index (χ1) is 10.2. The van der Waals surface area contributed by atoms with Crippen molar-refractivity contribution in [2.24, 2.45) is 0 Å². The average Bonchev–Trinajstić information content (AvgIpc) is 2.88. The van der Waals surface area contributed by atoms with Gasteiger partial charge in [0.05, 0.1) is 11.0 Å². The predicted octanol–water partition coefficient (Wildman–Crippen LogP) is 4.68. The fraction of sp³-hybridized carbons (Fsp3) is 0.235. The number of nitrogens with zero attached hydrogens (tertiary/aromatic N) is 1. The van der Waals surface area contributed by atoms with E-state index in [1.165, 1.54) is 11.3 Å². The van der Waals surface area contributed by atoms with Crippen LogP contribution in [0.1, 0.15) is 17.8 Å². The number of halogens is 1. The molecule has 0 amide bonds. The van der Waals surface area contributed by atoms with E-state index in [2.05, 4.69) is 57.4 Å². The van der Waals surface area contributed by atoms with E-state index < -0.39 is 0 Å². The van der Waals surface area contributed by atoms with Gasteiger partial charge in [-0.25, -0.2) is 4.98 Å². The van der Waals surface area contributed by atoms with E-state index in [9.17, 15) is 0 Å². The number of hydrogen-bond acceptors (Lipinski definition) is 2. The first-order valence-electron chi connectivity index (χ1n) is 7.16. The summed E-state index contributed by atoms with van der Waals surface area (Å²) in [5.41, 5.74) is 4.54. The molecule has 0 saturated carbocycles. The van der Waals surface area contributed by atoms with E-state index in [1.54, 1.807) is 0 Å². The largest absolute Gasteiger partial charge is 0.385 e. The highest BCUT2D eigenvalue weighted by Crippen LogP contribution is 2.22. The number of benzene rings is 2. The Morgan fingerprint density at radius 3 is 2.81 bits per heavy atom. The molecule has 0 unspecified atom stereocenters. The van der Waals surface area contributed by atoms with Crippen molar-refractivity contribution in [2.45, 2.75) is 19.8 Å². The van der Waals surface area contributed by atoms with Gasteiger partial charge in [-0.15, -0.1) is 0 Å². The van der Waals surface area contributed by atoms with Crippen LogP contribution in [0.15, 0.2) is 46.9 Å². The number of nitrogens with one attached hydrogen (secondary N) is 2. The van der Waals surface area contributed by atoms with Crippen molar-refractivity contribution in [3.8, 4) is 0 Å². The van der Waals surface area contributed by atoms with E-state index in [0.717, 1.165) is 40.7 Å². The van der Waals surface area contributed by atoms with Gasteiger partial charge >= 0.3 is 0 Å². The van der Waals surface area contributed by atoms with E-state index >= 15 is 0 Å². The summed E-state index contributed by atoms with van der Waals surface area (Å²) in [5.74, 6) is 1.06. The van der Waals surface area contributed by atoms with Crippen LogP contribution in [-0.4, -0.2) is 16.5 Å². The summed E-state index contributed by atoms with van der Waals surface area (Å²) in [4.78, 5) is 8.10. The van der Waals surface area contributed by atoms with Crippen molar-refractivity contribution in [3.05, 3.63) is 58.3 Å². The highest BCUT2D eigenvalue weighted by atomic mass is 79.9. The standard InChI is InChI=1S/C17H18BrN3/c1-12-10-13(18)11-15-17(12)21-16(20-15)8-5-9-19-14-6-3-2-4-7-14/h2-4,6-7,10-11,19H,5,8-9H2,1H3,(H,20,21). The maximum Gasteiger partial charge on any atom is 0.107 e. The molecule has 0 spiro atoms. The molecule has 3 rings (SSSR count). The molecule has 4 heteroatoms. The monoisotopic (exact) mass is 343 g/mol. The SMILES string of the molecule is Cc1cc(Br)cc2[nH]c(CCCNc3ccccc3)nc12. The van der Waals surface area contributed by atoms with Crippen molar-refractivity contribution in [2.75, 3.05) is 11.9 Å². The number of rotatable bonds is 5. The number of aromatic nitrogens is 2. The van der Waals surface area contributed by atoms with Crippen LogP contribution in [0, 0.1) is 6.92 Å². The number of para-hydroxylation sites is 1. The molecule has 108 valence electrons. The van der Waals surface area contributed by atoms with E-state index in [-0.39, 0.29) is 0 Å². The van der Waals surface area contributed by atoms with Crippen LogP contribution < -0.4 is 5.32 Å². The lowest BCUT2D eigenvalue weighted by molar-refractivity contribution is 0.820. The molecular weight excluding hydrogens is 326 g/mol. The first-order valence-corrected chi connectivity index (χ1v) is 7.95. The molecule has 2 aromatic carbocycles. The summed E-state index contributed by atoms with van der Waals surface area (Å²) in [7, 11) is 0. The van der Waals surface area contributed by atoms with Gasteiger partial charge in [0.2, 0.25) is 0 Å². The van der Waals surface area contributed by atoms with Crippen molar-refractivity contribution >= 4 is 32.7 Å². The Morgan fingerprint density at radius 1 is 1.19 bits per heavy atom. The van der Waals surface area contributed by atoms with Crippen LogP contribution in [0.25, 0.3) is 11.0 Å². The molecule has 0 fully saturated rings. The smallest absolute Gasteiger partial charge is 0.107 e. The lowest BCUT2D eigenvalue weighted by atomic mass is 10.2. The molecule has 0 atom stereocenters. The number of imidazole rings is 1. The van der Waals surface area contributed by atoms with Gasteiger partial charge < -0.3 is 10.3 Å². The van der Waals surface area contributed by atoms with Crippen molar-refractivity contribution < 1.29 is 0 Å². The molecule has 0 aliphatic carbocycles. The molecule has 0 aliphatic heterocycles. The maximum atomic E-state index is 4.69. The Bertz CT molecular complexity index is 734. The van der Waals surface area contributed by atoms with Crippen LogP contribution in [0.3, 0.4) is 0 Å². The summed E-state index contributed by atoms with van der Waals surface area (Å²) >= 11 is 3.52. The van der Waals surface area contributed by atoms with Gasteiger partial charge in [-0.2, -0.15) is 0 Å². The Kier molecular flexibility index (Phi) is 4.25. The number of hydrogen-bond donors (Lipinski definition) is 2. The van der Waals surface area contributed by atoms with Crippen molar-refractivity contribution in [3.63, 3.8) is 0 Å². The molecule has 3 aromatic rings. The minimum absolute atomic E-state index is 0.948. The second-order valence-electron chi connectivity index (χ2n) is 5.20. The minimum atomic E-state index is 0.948. The molecule has 1 heterocycles. The van der Waals surface area contributed by atoms with Gasteiger partial charge in [-0.3, -0.25) is 0 Å². The van der Waals surface area contributed by atoms with Gasteiger partial charge in [0.25, 0.3) is 0 Å². The quantitative estimate of drug-likeness (QED) is 0.660. The summed E-state index contributed by atoms with van der Waals surface area (Å²) in [6.07, 6.45) is 2.00. The molecule has 3 nitrogen and oxygen atoms in total. The van der Waals surface area contributed by atoms with Gasteiger partial charge in [-0.1, -0.05) is 34.1 Å².